The predicted octanol–water partition coefficient (Wildman–Crippen LogP) is 3.54. The highest BCUT2D eigenvalue weighted by molar-refractivity contribution is 7.22. The Bertz CT molecular complexity index is 788. The van der Waals surface area contributed by atoms with E-state index < -0.39 is 0 Å². The van der Waals surface area contributed by atoms with Crippen LogP contribution in [0.3, 0.4) is 0 Å². The Labute approximate surface area is 124 Å². The molecule has 0 aliphatic heterocycles. The minimum atomic E-state index is -0.209. The zero-order chi connectivity index (χ0) is 14.3. The van der Waals surface area contributed by atoms with Gasteiger partial charge in [-0.15, -0.1) is 0 Å². The van der Waals surface area contributed by atoms with E-state index in [1.807, 2.05) is 19.1 Å². The number of fused-ring (bicyclic) bond motifs is 1. The van der Waals surface area contributed by atoms with Crippen LogP contribution in [0, 0.1) is 13.8 Å². The highest BCUT2D eigenvalue weighted by Gasteiger charge is 2.16. The molecule has 2 heterocycles. The minimum absolute atomic E-state index is 0.209. The molecule has 1 amide bonds. The second-order valence-corrected chi connectivity index (χ2v) is 5.86. The van der Waals surface area contributed by atoms with Gasteiger partial charge in [-0.2, -0.15) is 5.10 Å². The number of benzene rings is 1. The van der Waals surface area contributed by atoms with Gasteiger partial charge in [0.25, 0.3) is 5.91 Å². The van der Waals surface area contributed by atoms with E-state index in [2.05, 4.69) is 20.5 Å². The van der Waals surface area contributed by atoms with Crippen LogP contribution in [0.2, 0.25) is 5.02 Å². The minimum Gasteiger partial charge on any atom is -0.298 e. The van der Waals surface area contributed by atoms with Crippen molar-refractivity contribution in [2.75, 3.05) is 5.32 Å². The van der Waals surface area contributed by atoms with Crippen molar-refractivity contribution in [2.24, 2.45) is 0 Å². The maximum Gasteiger partial charge on any atom is 0.261 e. The van der Waals surface area contributed by atoms with Gasteiger partial charge in [0, 0.05) is 10.7 Å². The summed E-state index contributed by atoms with van der Waals surface area (Å²) in [6, 6.07) is 5.44. The third-order valence-corrected chi connectivity index (χ3v) is 4.09. The van der Waals surface area contributed by atoms with Crippen molar-refractivity contribution in [1.82, 2.24) is 15.2 Å². The molecule has 1 aromatic carbocycles. The van der Waals surface area contributed by atoms with Crippen molar-refractivity contribution >= 4 is 44.2 Å². The summed E-state index contributed by atoms with van der Waals surface area (Å²) in [5.41, 5.74) is 2.78. The van der Waals surface area contributed by atoms with Crippen molar-refractivity contribution in [3.05, 3.63) is 40.2 Å². The molecule has 5 nitrogen and oxygen atoms in total. The SMILES string of the molecule is Cc1n[nH]c(C)c1C(=O)Nc1nc2ccc(Cl)cc2s1. The fraction of sp³-hybridized carbons (Fsp3) is 0.154. The molecule has 0 unspecified atom stereocenters. The summed E-state index contributed by atoms with van der Waals surface area (Å²) in [7, 11) is 0. The van der Waals surface area contributed by atoms with Gasteiger partial charge >= 0.3 is 0 Å². The van der Waals surface area contributed by atoms with E-state index in [4.69, 9.17) is 11.6 Å². The van der Waals surface area contributed by atoms with Crippen LogP contribution < -0.4 is 5.32 Å². The second kappa shape index (κ2) is 4.88. The summed E-state index contributed by atoms with van der Waals surface area (Å²) < 4.78 is 0.938. The number of H-pyrrole nitrogens is 1. The van der Waals surface area contributed by atoms with E-state index in [-0.39, 0.29) is 5.91 Å². The Balaban J connectivity index is 1.91. The van der Waals surface area contributed by atoms with Crippen molar-refractivity contribution in [1.29, 1.82) is 0 Å². The number of anilines is 1. The number of carbonyl (C=O) groups excluding carboxylic acids is 1. The van der Waals surface area contributed by atoms with Crippen LogP contribution in [0.25, 0.3) is 10.2 Å². The van der Waals surface area contributed by atoms with Gasteiger partial charge < -0.3 is 0 Å². The van der Waals surface area contributed by atoms with Gasteiger partial charge in [0.05, 0.1) is 21.5 Å². The molecule has 3 rings (SSSR count). The quantitative estimate of drug-likeness (QED) is 0.760. The number of thiazole rings is 1. The first-order valence-corrected chi connectivity index (χ1v) is 7.13. The fourth-order valence-electron chi connectivity index (χ4n) is 2.00. The van der Waals surface area contributed by atoms with Gasteiger partial charge in [-0.25, -0.2) is 4.98 Å². The standard InChI is InChI=1S/C13H11ClN4OS/c1-6-11(7(2)18-17-6)12(19)16-13-15-9-4-3-8(14)5-10(9)20-13/h3-5H,1-2H3,(H,17,18)(H,15,16,19). The molecule has 0 radical (unpaired) electrons. The summed E-state index contributed by atoms with van der Waals surface area (Å²) in [5.74, 6) is -0.209. The zero-order valence-corrected chi connectivity index (χ0v) is 12.4. The lowest BCUT2D eigenvalue weighted by Gasteiger charge is -2.00. The normalized spacial score (nSPS) is 10.9. The van der Waals surface area contributed by atoms with Crippen molar-refractivity contribution in [3.63, 3.8) is 0 Å². The predicted molar refractivity (Wildman–Crippen MR) is 80.6 cm³/mol. The molecule has 0 aliphatic rings. The van der Waals surface area contributed by atoms with Gasteiger partial charge in [0.15, 0.2) is 5.13 Å². The number of aromatic nitrogens is 3. The number of hydrogen-bond acceptors (Lipinski definition) is 4. The second-order valence-electron chi connectivity index (χ2n) is 4.39. The zero-order valence-electron chi connectivity index (χ0n) is 10.8. The molecule has 7 heteroatoms. The first-order valence-electron chi connectivity index (χ1n) is 5.93. The van der Waals surface area contributed by atoms with Crippen LogP contribution in [0.1, 0.15) is 21.7 Å². The topological polar surface area (TPSA) is 70.7 Å². The molecule has 20 heavy (non-hydrogen) atoms. The molecule has 102 valence electrons. The number of nitrogens with one attached hydrogen (secondary N) is 2. The van der Waals surface area contributed by atoms with Crippen LogP contribution in [0.15, 0.2) is 18.2 Å². The number of aryl methyl sites for hydroxylation is 2. The molecular formula is C13H11ClN4OS. The molecule has 2 aromatic heterocycles. The first kappa shape index (κ1) is 13.1. The monoisotopic (exact) mass is 306 g/mol. The first-order chi connectivity index (χ1) is 9.54. The van der Waals surface area contributed by atoms with Gasteiger partial charge in [-0.05, 0) is 32.0 Å². The van der Waals surface area contributed by atoms with E-state index in [0.29, 0.717) is 21.4 Å². The fourth-order valence-corrected chi connectivity index (χ4v) is 3.13. The molecular weight excluding hydrogens is 296 g/mol. The Morgan fingerprint density at radius 3 is 2.90 bits per heavy atom. The maximum atomic E-state index is 12.2. The van der Waals surface area contributed by atoms with Crippen LogP contribution in [-0.4, -0.2) is 21.1 Å². The summed E-state index contributed by atoms with van der Waals surface area (Å²) in [4.78, 5) is 16.6. The number of carbonyl (C=O) groups is 1. The Hall–Kier alpha value is -1.92. The third kappa shape index (κ3) is 2.28. The van der Waals surface area contributed by atoms with Crippen LogP contribution in [-0.2, 0) is 0 Å². The highest BCUT2D eigenvalue weighted by Crippen LogP contribution is 2.28. The van der Waals surface area contributed by atoms with Crippen molar-refractivity contribution in [2.45, 2.75) is 13.8 Å². The van der Waals surface area contributed by atoms with E-state index >= 15 is 0 Å². The molecule has 0 aliphatic carbocycles. The molecule has 0 atom stereocenters. The largest absolute Gasteiger partial charge is 0.298 e. The van der Waals surface area contributed by atoms with Gasteiger partial charge in [-0.3, -0.25) is 15.2 Å². The molecule has 0 bridgehead atoms. The lowest BCUT2D eigenvalue weighted by molar-refractivity contribution is 0.102. The number of rotatable bonds is 2. The van der Waals surface area contributed by atoms with E-state index in [9.17, 15) is 4.79 Å². The lowest BCUT2D eigenvalue weighted by atomic mass is 10.2. The average molecular weight is 307 g/mol. The lowest BCUT2D eigenvalue weighted by Crippen LogP contribution is -2.13. The number of halogens is 1. The molecule has 0 saturated carbocycles. The van der Waals surface area contributed by atoms with Gasteiger partial charge in [0.1, 0.15) is 0 Å². The Morgan fingerprint density at radius 1 is 1.40 bits per heavy atom. The summed E-state index contributed by atoms with van der Waals surface area (Å²) >= 11 is 7.33. The van der Waals surface area contributed by atoms with Gasteiger partial charge in [0.2, 0.25) is 0 Å². The average Bonchev–Trinajstić information content (AvgIpc) is 2.92. The number of amides is 1. The molecule has 0 fully saturated rings. The maximum absolute atomic E-state index is 12.2. The van der Waals surface area contributed by atoms with Crippen LogP contribution in [0.4, 0.5) is 5.13 Å². The molecule has 0 spiro atoms. The number of aromatic amines is 1. The van der Waals surface area contributed by atoms with E-state index in [1.165, 1.54) is 11.3 Å². The van der Waals surface area contributed by atoms with Crippen LogP contribution >= 0.6 is 22.9 Å². The van der Waals surface area contributed by atoms with Crippen molar-refractivity contribution in [3.8, 4) is 0 Å². The number of nitrogens with zero attached hydrogens (tertiary/aromatic N) is 2. The molecule has 3 aromatic rings. The third-order valence-electron chi connectivity index (χ3n) is 2.93. The van der Waals surface area contributed by atoms with Crippen LogP contribution in [0.5, 0.6) is 0 Å². The smallest absolute Gasteiger partial charge is 0.261 e. The van der Waals surface area contributed by atoms with Crippen molar-refractivity contribution < 1.29 is 4.79 Å². The summed E-state index contributed by atoms with van der Waals surface area (Å²) in [6.07, 6.45) is 0. The molecule has 2 N–H and O–H groups in total. The number of hydrogen-bond donors (Lipinski definition) is 2. The summed E-state index contributed by atoms with van der Waals surface area (Å²) in [5, 5.41) is 10.8. The van der Waals surface area contributed by atoms with E-state index in [0.717, 1.165) is 15.9 Å². The Morgan fingerprint density at radius 2 is 2.20 bits per heavy atom. The Kier molecular flexibility index (Phi) is 3.19. The van der Waals surface area contributed by atoms with Gasteiger partial charge in [-0.1, -0.05) is 22.9 Å². The highest BCUT2D eigenvalue weighted by atomic mass is 35.5. The van der Waals surface area contributed by atoms with E-state index in [1.54, 1.807) is 13.0 Å². The molecule has 0 saturated heterocycles. The summed E-state index contributed by atoms with van der Waals surface area (Å²) in [6.45, 7) is 3.60.